The van der Waals surface area contributed by atoms with E-state index >= 15 is 0 Å². The molecule has 0 spiro atoms. The molecule has 134 valence electrons. The van der Waals surface area contributed by atoms with Crippen molar-refractivity contribution < 1.29 is 14.6 Å². The summed E-state index contributed by atoms with van der Waals surface area (Å²) < 4.78 is 11.7. The molecule has 1 fully saturated rings. The average Bonchev–Trinajstić information content (AvgIpc) is 2.61. The molecule has 0 aliphatic carbocycles. The molecule has 0 amide bonds. The number of nitrogens with zero attached hydrogens (tertiary/aromatic N) is 2. The topological polar surface area (TPSA) is 66.3 Å². The molecule has 1 atom stereocenters. The normalized spacial score (nSPS) is 22.2. The van der Waals surface area contributed by atoms with Crippen LogP contribution in [0.3, 0.4) is 0 Å². The van der Waals surface area contributed by atoms with Crippen molar-refractivity contribution in [3.05, 3.63) is 47.4 Å². The minimum absolute atomic E-state index is 0.335. The molecule has 2 heterocycles. The maximum atomic E-state index is 10.9. The summed E-state index contributed by atoms with van der Waals surface area (Å²) >= 11 is 5.38. The Kier molecular flexibility index (Phi) is 5.08. The van der Waals surface area contributed by atoms with Crippen molar-refractivity contribution in [2.75, 3.05) is 20.2 Å². The van der Waals surface area contributed by atoms with E-state index in [1.807, 2.05) is 49.1 Å². The number of nitrogens with one attached hydrogen (secondary N) is 1. The molecule has 0 aromatic heterocycles. The molecule has 25 heavy (non-hydrogen) atoms. The zero-order valence-corrected chi connectivity index (χ0v) is 15.5. The minimum Gasteiger partial charge on any atom is -0.486 e. The monoisotopic (exact) mass is 361 g/mol. The Morgan fingerprint density at radius 2 is 2.16 bits per heavy atom. The second kappa shape index (κ2) is 7.11. The van der Waals surface area contributed by atoms with Crippen LogP contribution in [0.5, 0.6) is 0 Å². The minimum atomic E-state index is -0.944. The Bertz CT molecular complexity index is 716. The zero-order valence-electron chi connectivity index (χ0n) is 14.7. The number of ether oxygens (including phenoxy) is 2. The number of hydrogen-bond donors (Lipinski definition) is 2. The Morgan fingerprint density at radius 3 is 2.84 bits per heavy atom. The number of aliphatic imine (C=N–C) groups is 1. The van der Waals surface area contributed by atoms with E-state index in [0.717, 1.165) is 5.56 Å². The summed E-state index contributed by atoms with van der Waals surface area (Å²) in [6, 6.07) is 9.79. The largest absolute Gasteiger partial charge is 0.486 e. The van der Waals surface area contributed by atoms with E-state index in [1.165, 1.54) is 0 Å². The molecule has 2 aliphatic heterocycles. The van der Waals surface area contributed by atoms with Crippen LogP contribution in [0.2, 0.25) is 0 Å². The van der Waals surface area contributed by atoms with E-state index in [4.69, 9.17) is 21.7 Å². The standard InChI is InChI=1S/C18H23N3O3S/c1-18(2)17-20-13(15(25)19-3)14(16(22)21(17)9-10-24-18)23-11-12-7-5-4-6-8-12/h4-8,16,22H,9-11H2,1-3H3,(H,19,25). The molecule has 0 saturated carbocycles. The number of fused-ring (bicyclic) bond motifs is 1. The lowest BCUT2D eigenvalue weighted by atomic mass is 10.0. The second-order valence-corrected chi connectivity index (χ2v) is 6.84. The van der Waals surface area contributed by atoms with E-state index in [-0.39, 0.29) is 0 Å². The van der Waals surface area contributed by atoms with E-state index in [9.17, 15) is 5.11 Å². The molecule has 1 saturated heterocycles. The Balaban J connectivity index is 1.96. The molecule has 3 rings (SSSR count). The van der Waals surface area contributed by atoms with Crippen LogP contribution in [0.4, 0.5) is 0 Å². The van der Waals surface area contributed by atoms with Gasteiger partial charge in [-0.2, -0.15) is 0 Å². The van der Waals surface area contributed by atoms with Crippen molar-refractivity contribution in [2.45, 2.75) is 32.3 Å². The lowest BCUT2D eigenvalue weighted by Crippen LogP contribution is -2.59. The molecule has 7 heteroatoms. The fraction of sp³-hybridized carbons (Fsp3) is 0.444. The highest BCUT2D eigenvalue weighted by atomic mass is 32.1. The Morgan fingerprint density at radius 1 is 1.44 bits per heavy atom. The summed E-state index contributed by atoms with van der Waals surface area (Å²) in [6.07, 6.45) is -0.944. The van der Waals surface area contributed by atoms with Gasteiger partial charge in [0.25, 0.3) is 0 Å². The molecule has 2 N–H and O–H groups in total. The Hall–Kier alpha value is -1.96. The van der Waals surface area contributed by atoms with Gasteiger partial charge in [-0.25, -0.2) is 4.99 Å². The second-order valence-electron chi connectivity index (χ2n) is 6.43. The van der Waals surface area contributed by atoms with Gasteiger partial charge in [0.2, 0.25) is 0 Å². The third-order valence-corrected chi connectivity index (χ3v) is 4.66. The number of hydrogen-bond acceptors (Lipinski definition) is 6. The number of aliphatic hydroxyl groups excluding tert-OH is 1. The molecule has 6 nitrogen and oxygen atoms in total. The van der Waals surface area contributed by atoms with Gasteiger partial charge in [0.05, 0.1) is 6.61 Å². The predicted molar refractivity (Wildman–Crippen MR) is 100 cm³/mol. The van der Waals surface area contributed by atoms with Crippen LogP contribution in [0.25, 0.3) is 0 Å². The van der Waals surface area contributed by atoms with Gasteiger partial charge in [0.15, 0.2) is 12.0 Å². The molecular weight excluding hydrogens is 338 g/mol. The molecule has 2 aliphatic rings. The molecular formula is C18H23N3O3S. The van der Waals surface area contributed by atoms with Gasteiger partial charge < -0.3 is 24.8 Å². The first kappa shape index (κ1) is 17.8. The van der Waals surface area contributed by atoms with Crippen molar-refractivity contribution in [2.24, 2.45) is 4.99 Å². The highest BCUT2D eigenvalue weighted by molar-refractivity contribution is 7.80. The third kappa shape index (κ3) is 3.53. The first-order valence-electron chi connectivity index (χ1n) is 8.25. The lowest BCUT2D eigenvalue weighted by molar-refractivity contribution is -0.0586. The summed E-state index contributed by atoms with van der Waals surface area (Å²) in [5.74, 6) is 1.02. The summed E-state index contributed by atoms with van der Waals surface area (Å²) in [6.45, 7) is 5.25. The lowest BCUT2D eigenvalue weighted by Gasteiger charge is -2.45. The number of aliphatic hydroxyl groups is 1. The summed E-state index contributed by atoms with van der Waals surface area (Å²) in [4.78, 5) is 6.92. The van der Waals surface area contributed by atoms with Crippen LogP contribution in [-0.2, 0) is 16.1 Å². The number of morpholine rings is 1. The molecule has 1 unspecified atom stereocenters. The number of thiocarbonyl (C=S) groups is 1. The number of likely N-dealkylation sites (N-methyl/N-ethyl adjacent to an activating group) is 1. The van der Waals surface area contributed by atoms with Gasteiger partial charge in [0, 0.05) is 13.6 Å². The Labute approximate surface area is 153 Å². The average molecular weight is 361 g/mol. The van der Waals surface area contributed by atoms with E-state index in [1.54, 1.807) is 7.05 Å². The van der Waals surface area contributed by atoms with Crippen molar-refractivity contribution in [1.29, 1.82) is 0 Å². The van der Waals surface area contributed by atoms with Crippen molar-refractivity contribution in [1.82, 2.24) is 10.2 Å². The van der Waals surface area contributed by atoms with Crippen LogP contribution in [-0.4, -0.2) is 52.9 Å². The first-order valence-corrected chi connectivity index (χ1v) is 8.65. The van der Waals surface area contributed by atoms with Crippen LogP contribution in [0.15, 0.2) is 46.8 Å². The molecule has 0 bridgehead atoms. The molecule has 1 aromatic rings. The van der Waals surface area contributed by atoms with Crippen molar-refractivity contribution in [3.8, 4) is 0 Å². The zero-order chi connectivity index (χ0) is 18.0. The molecule has 1 aromatic carbocycles. The maximum absolute atomic E-state index is 10.9. The van der Waals surface area contributed by atoms with Gasteiger partial charge in [0.1, 0.15) is 28.7 Å². The predicted octanol–water partition coefficient (Wildman–Crippen LogP) is 1.80. The first-order chi connectivity index (χ1) is 11.9. The van der Waals surface area contributed by atoms with Gasteiger partial charge in [-0.15, -0.1) is 0 Å². The number of amidine groups is 1. The molecule has 0 radical (unpaired) electrons. The van der Waals surface area contributed by atoms with Crippen LogP contribution in [0.1, 0.15) is 19.4 Å². The van der Waals surface area contributed by atoms with Crippen molar-refractivity contribution >= 4 is 23.0 Å². The number of benzene rings is 1. The van der Waals surface area contributed by atoms with Gasteiger partial charge in [-0.1, -0.05) is 42.5 Å². The summed E-state index contributed by atoms with van der Waals surface area (Å²) in [5.41, 5.74) is 0.860. The SMILES string of the molecule is CNC(=S)C1=C(OCc2ccccc2)C(O)N2CCOC(C)(C)C2=N1. The van der Waals surface area contributed by atoms with E-state index in [0.29, 0.717) is 42.0 Å². The van der Waals surface area contributed by atoms with Crippen LogP contribution in [0, 0.1) is 0 Å². The van der Waals surface area contributed by atoms with Gasteiger partial charge in [-0.05, 0) is 19.4 Å². The summed E-state index contributed by atoms with van der Waals surface area (Å²) in [5, 5.41) is 13.8. The van der Waals surface area contributed by atoms with Crippen molar-refractivity contribution in [3.63, 3.8) is 0 Å². The van der Waals surface area contributed by atoms with Crippen LogP contribution >= 0.6 is 12.2 Å². The van der Waals surface area contributed by atoms with Gasteiger partial charge in [-0.3, -0.25) is 0 Å². The number of rotatable bonds is 4. The quantitative estimate of drug-likeness (QED) is 0.798. The van der Waals surface area contributed by atoms with E-state index < -0.39 is 11.8 Å². The van der Waals surface area contributed by atoms with Gasteiger partial charge >= 0.3 is 0 Å². The third-order valence-electron chi connectivity index (χ3n) is 4.27. The fourth-order valence-corrected chi connectivity index (χ4v) is 3.08. The fourth-order valence-electron chi connectivity index (χ4n) is 2.94. The maximum Gasteiger partial charge on any atom is 0.189 e. The van der Waals surface area contributed by atoms with Crippen LogP contribution < -0.4 is 5.32 Å². The summed E-state index contributed by atoms with van der Waals surface area (Å²) in [7, 11) is 1.73. The smallest absolute Gasteiger partial charge is 0.189 e. The highest BCUT2D eigenvalue weighted by Crippen LogP contribution is 2.31. The van der Waals surface area contributed by atoms with E-state index in [2.05, 4.69) is 10.3 Å². The highest BCUT2D eigenvalue weighted by Gasteiger charge is 2.43.